The molecule has 0 bridgehead atoms. The molecule has 62 valence electrons. The number of benzene rings is 1. The molecule has 12 heavy (non-hydrogen) atoms. The standard InChI is InChI=1S/C11H13N/c1-4-12-11-7-5-6-10(8-11)9(2)3/h4-8,12H,1-2H2,3H3. The smallest absolute Gasteiger partial charge is 0.0385 e. The summed E-state index contributed by atoms with van der Waals surface area (Å²) in [5.74, 6) is 0. The Morgan fingerprint density at radius 2 is 2.25 bits per heavy atom. The minimum absolute atomic E-state index is 1.05. The Kier molecular flexibility index (Phi) is 2.70. The number of rotatable bonds is 3. The van der Waals surface area contributed by atoms with Crippen LogP contribution in [-0.2, 0) is 0 Å². The van der Waals surface area contributed by atoms with Gasteiger partial charge in [-0.1, -0.05) is 30.9 Å². The molecule has 0 saturated heterocycles. The zero-order valence-electron chi connectivity index (χ0n) is 7.30. The minimum Gasteiger partial charge on any atom is -0.362 e. The van der Waals surface area contributed by atoms with E-state index in [-0.39, 0.29) is 0 Å². The lowest BCUT2D eigenvalue weighted by molar-refractivity contribution is 1.54. The normalized spacial score (nSPS) is 9.08. The number of nitrogens with one attached hydrogen (secondary N) is 1. The molecular formula is C11H13N. The highest BCUT2D eigenvalue weighted by atomic mass is 14.8. The molecule has 1 aromatic carbocycles. The molecule has 0 aromatic heterocycles. The van der Waals surface area contributed by atoms with Crippen molar-refractivity contribution in [2.24, 2.45) is 0 Å². The highest BCUT2D eigenvalue weighted by Gasteiger charge is 1.93. The lowest BCUT2D eigenvalue weighted by Crippen LogP contribution is -1.86. The van der Waals surface area contributed by atoms with E-state index in [0.717, 1.165) is 16.8 Å². The molecule has 1 N–H and O–H groups in total. The van der Waals surface area contributed by atoms with E-state index in [9.17, 15) is 0 Å². The van der Waals surface area contributed by atoms with Crippen LogP contribution in [0.4, 0.5) is 5.69 Å². The van der Waals surface area contributed by atoms with Gasteiger partial charge in [-0.3, -0.25) is 0 Å². The highest BCUT2D eigenvalue weighted by molar-refractivity contribution is 5.65. The SMILES string of the molecule is C=CNc1cccc(C(=C)C)c1. The van der Waals surface area contributed by atoms with Crippen molar-refractivity contribution < 1.29 is 0 Å². The van der Waals surface area contributed by atoms with Crippen molar-refractivity contribution in [2.75, 3.05) is 5.32 Å². The molecule has 1 aromatic rings. The molecule has 0 aliphatic rings. The van der Waals surface area contributed by atoms with Gasteiger partial charge < -0.3 is 5.32 Å². The van der Waals surface area contributed by atoms with Gasteiger partial charge in [-0.05, 0) is 30.8 Å². The van der Waals surface area contributed by atoms with Gasteiger partial charge in [0.1, 0.15) is 0 Å². The van der Waals surface area contributed by atoms with E-state index >= 15 is 0 Å². The van der Waals surface area contributed by atoms with Crippen molar-refractivity contribution in [3.63, 3.8) is 0 Å². The van der Waals surface area contributed by atoms with Crippen LogP contribution in [0, 0.1) is 0 Å². The second kappa shape index (κ2) is 3.77. The molecule has 0 saturated carbocycles. The third kappa shape index (κ3) is 1.99. The molecule has 1 rings (SSSR count). The molecule has 0 heterocycles. The summed E-state index contributed by atoms with van der Waals surface area (Å²) in [5, 5.41) is 3.03. The Balaban J connectivity index is 2.95. The fourth-order valence-electron chi connectivity index (χ4n) is 0.992. The van der Waals surface area contributed by atoms with E-state index < -0.39 is 0 Å². The van der Waals surface area contributed by atoms with E-state index in [4.69, 9.17) is 0 Å². The second-order valence-corrected chi connectivity index (χ2v) is 2.71. The molecule has 0 amide bonds. The molecule has 0 unspecified atom stereocenters. The molecule has 1 heteroatoms. The topological polar surface area (TPSA) is 12.0 Å². The summed E-state index contributed by atoms with van der Waals surface area (Å²) in [6.07, 6.45) is 1.66. The quantitative estimate of drug-likeness (QED) is 0.713. The van der Waals surface area contributed by atoms with Crippen LogP contribution in [0.25, 0.3) is 5.57 Å². The molecule has 0 spiro atoms. The zero-order chi connectivity index (χ0) is 8.97. The first kappa shape index (κ1) is 8.60. The van der Waals surface area contributed by atoms with E-state index in [1.165, 1.54) is 0 Å². The van der Waals surface area contributed by atoms with Crippen LogP contribution in [-0.4, -0.2) is 0 Å². The van der Waals surface area contributed by atoms with Crippen molar-refractivity contribution in [1.29, 1.82) is 0 Å². The number of allylic oxidation sites excluding steroid dienone is 1. The summed E-state index contributed by atoms with van der Waals surface area (Å²) in [4.78, 5) is 0. The molecular weight excluding hydrogens is 146 g/mol. The molecule has 0 fully saturated rings. The van der Waals surface area contributed by atoms with Crippen LogP contribution in [0.3, 0.4) is 0 Å². The maximum Gasteiger partial charge on any atom is 0.0385 e. The van der Waals surface area contributed by atoms with Crippen LogP contribution >= 0.6 is 0 Å². The number of hydrogen-bond donors (Lipinski definition) is 1. The average molecular weight is 159 g/mol. The van der Waals surface area contributed by atoms with E-state index in [1.807, 2.05) is 31.2 Å². The fraction of sp³-hybridized carbons (Fsp3) is 0.0909. The van der Waals surface area contributed by atoms with Gasteiger partial charge in [-0.15, -0.1) is 0 Å². The largest absolute Gasteiger partial charge is 0.362 e. The third-order valence-corrected chi connectivity index (χ3v) is 1.62. The first-order valence-corrected chi connectivity index (χ1v) is 3.87. The maximum absolute atomic E-state index is 3.87. The lowest BCUT2D eigenvalue weighted by Gasteiger charge is -2.03. The van der Waals surface area contributed by atoms with Crippen molar-refractivity contribution in [1.82, 2.24) is 0 Å². The van der Waals surface area contributed by atoms with Gasteiger partial charge in [0, 0.05) is 5.69 Å². The summed E-state index contributed by atoms with van der Waals surface area (Å²) >= 11 is 0. The summed E-state index contributed by atoms with van der Waals surface area (Å²) in [5.41, 5.74) is 3.27. The van der Waals surface area contributed by atoms with Gasteiger partial charge in [0.2, 0.25) is 0 Å². The number of hydrogen-bond acceptors (Lipinski definition) is 1. The first-order valence-electron chi connectivity index (χ1n) is 3.87. The van der Waals surface area contributed by atoms with E-state index in [1.54, 1.807) is 6.20 Å². The molecule has 0 radical (unpaired) electrons. The predicted octanol–water partition coefficient (Wildman–Crippen LogP) is 3.28. The third-order valence-electron chi connectivity index (χ3n) is 1.62. The molecule has 0 aliphatic carbocycles. The Labute approximate surface area is 73.4 Å². The summed E-state index contributed by atoms with van der Waals surface area (Å²) in [7, 11) is 0. The summed E-state index contributed by atoms with van der Waals surface area (Å²) in [6, 6.07) is 8.07. The Hall–Kier alpha value is -1.50. The van der Waals surface area contributed by atoms with Crippen LogP contribution in [0.2, 0.25) is 0 Å². The maximum atomic E-state index is 3.87. The average Bonchev–Trinajstić information content (AvgIpc) is 2.05. The van der Waals surface area contributed by atoms with Crippen LogP contribution in [0.15, 0.2) is 43.6 Å². The first-order chi connectivity index (χ1) is 5.74. The van der Waals surface area contributed by atoms with Crippen LogP contribution in [0.5, 0.6) is 0 Å². The Morgan fingerprint density at radius 1 is 1.50 bits per heavy atom. The molecule has 1 nitrogen and oxygen atoms in total. The van der Waals surface area contributed by atoms with Crippen LogP contribution in [0.1, 0.15) is 12.5 Å². The lowest BCUT2D eigenvalue weighted by atomic mass is 10.1. The fourth-order valence-corrected chi connectivity index (χ4v) is 0.992. The van der Waals surface area contributed by atoms with Gasteiger partial charge in [-0.25, -0.2) is 0 Å². The summed E-state index contributed by atoms with van der Waals surface area (Å²) in [6.45, 7) is 9.46. The van der Waals surface area contributed by atoms with Crippen molar-refractivity contribution in [3.8, 4) is 0 Å². The van der Waals surface area contributed by atoms with Gasteiger partial charge in [0.15, 0.2) is 0 Å². The predicted molar refractivity (Wildman–Crippen MR) is 55.0 cm³/mol. The van der Waals surface area contributed by atoms with Crippen molar-refractivity contribution in [3.05, 3.63) is 49.2 Å². The van der Waals surface area contributed by atoms with E-state index in [2.05, 4.69) is 18.5 Å². The minimum atomic E-state index is 1.05. The number of anilines is 1. The zero-order valence-corrected chi connectivity index (χ0v) is 7.30. The van der Waals surface area contributed by atoms with Gasteiger partial charge in [-0.2, -0.15) is 0 Å². The highest BCUT2D eigenvalue weighted by Crippen LogP contribution is 2.16. The molecule has 0 aliphatic heterocycles. The Morgan fingerprint density at radius 3 is 2.83 bits per heavy atom. The second-order valence-electron chi connectivity index (χ2n) is 2.71. The van der Waals surface area contributed by atoms with Crippen molar-refractivity contribution >= 4 is 11.3 Å². The molecule has 0 atom stereocenters. The van der Waals surface area contributed by atoms with Crippen LogP contribution < -0.4 is 5.32 Å². The van der Waals surface area contributed by atoms with E-state index in [0.29, 0.717) is 0 Å². The van der Waals surface area contributed by atoms with Crippen molar-refractivity contribution in [2.45, 2.75) is 6.92 Å². The van der Waals surface area contributed by atoms with Gasteiger partial charge in [0.05, 0.1) is 0 Å². The Bertz CT molecular complexity index is 300. The monoisotopic (exact) mass is 159 g/mol. The van der Waals surface area contributed by atoms with Gasteiger partial charge in [0.25, 0.3) is 0 Å². The summed E-state index contributed by atoms with van der Waals surface area (Å²) < 4.78 is 0. The van der Waals surface area contributed by atoms with Gasteiger partial charge >= 0.3 is 0 Å².